The van der Waals surface area contributed by atoms with Gasteiger partial charge in [0.05, 0.1) is 0 Å². The first kappa shape index (κ1) is 12.7. The Morgan fingerprint density at radius 3 is 2.29 bits per heavy atom. The lowest BCUT2D eigenvalue weighted by molar-refractivity contribution is 0.494. The van der Waals surface area contributed by atoms with Crippen LogP contribution in [0.15, 0.2) is 28.7 Å². The highest BCUT2D eigenvalue weighted by molar-refractivity contribution is 6.05. The Morgan fingerprint density at radius 1 is 0.905 bits per heavy atom. The number of hydrogen-bond donors (Lipinski definition) is 0. The molecule has 1 aliphatic rings. The first-order valence-electron chi connectivity index (χ1n) is 7.12. The van der Waals surface area contributed by atoms with Crippen LogP contribution in [-0.2, 0) is 6.42 Å². The van der Waals surface area contributed by atoms with Crippen molar-refractivity contribution >= 4 is 21.9 Å². The van der Waals surface area contributed by atoms with E-state index >= 15 is 0 Å². The summed E-state index contributed by atoms with van der Waals surface area (Å²) in [6.07, 6.45) is 4.06. The van der Waals surface area contributed by atoms with Gasteiger partial charge in [-0.2, -0.15) is 4.39 Å². The molecule has 0 spiro atoms. The van der Waals surface area contributed by atoms with E-state index in [1.165, 1.54) is 18.9 Å². The van der Waals surface area contributed by atoms with Crippen LogP contribution in [0.5, 0.6) is 0 Å². The van der Waals surface area contributed by atoms with Gasteiger partial charge >= 0.3 is 0 Å². The van der Waals surface area contributed by atoms with Crippen LogP contribution in [0.4, 0.5) is 13.2 Å². The van der Waals surface area contributed by atoms with E-state index in [4.69, 9.17) is 4.42 Å². The van der Waals surface area contributed by atoms with Crippen molar-refractivity contribution in [2.75, 3.05) is 0 Å². The number of benzene rings is 2. The molecule has 0 N–H and O–H groups in total. The van der Waals surface area contributed by atoms with Crippen LogP contribution < -0.4 is 0 Å². The van der Waals surface area contributed by atoms with Crippen LogP contribution in [0.1, 0.15) is 24.8 Å². The lowest BCUT2D eigenvalue weighted by Crippen LogP contribution is -1.92. The number of hydrogen-bond acceptors (Lipinski definition) is 1. The van der Waals surface area contributed by atoms with E-state index in [1.807, 2.05) is 0 Å². The van der Waals surface area contributed by atoms with E-state index in [0.717, 1.165) is 12.5 Å². The SMILES string of the molecule is Fc1ccc2c(oc3c(F)c(CCC4CC4)ccc32)c1F. The minimum Gasteiger partial charge on any atom is -0.450 e. The van der Waals surface area contributed by atoms with Gasteiger partial charge in [0.1, 0.15) is 0 Å². The van der Waals surface area contributed by atoms with E-state index < -0.39 is 17.5 Å². The van der Waals surface area contributed by atoms with Gasteiger partial charge in [0.15, 0.2) is 22.8 Å². The third-order valence-electron chi connectivity index (χ3n) is 4.24. The standard InChI is InChI=1S/C17H13F3O/c18-13-8-7-12-11-6-5-10(4-3-9-1-2-9)14(19)16(11)21-17(12)15(13)20/h5-9H,1-4H2. The Bertz CT molecular complexity index is 846. The highest BCUT2D eigenvalue weighted by Gasteiger charge is 2.23. The summed E-state index contributed by atoms with van der Waals surface area (Å²) >= 11 is 0. The molecular formula is C17H13F3O. The summed E-state index contributed by atoms with van der Waals surface area (Å²) in [6, 6.07) is 5.90. The minimum absolute atomic E-state index is 0.0165. The van der Waals surface area contributed by atoms with E-state index in [2.05, 4.69) is 0 Å². The average Bonchev–Trinajstić information content (AvgIpc) is 3.22. The van der Waals surface area contributed by atoms with Gasteiger partial charge in [-0.1, -0.05) is 18.9 Å². The zero-order valence-electron chi connectivity index (χ0n) is 11.3. The molecule has 3 aromatic rings. The van der Waals surface area contributed by atoms with Crippen LogP contribution >= 0.6 is 0 Å². The second-order valence-electron chi connectivity index (χ2n) is 5.74. The molecule has 0 bridgehead atoms. The molecule has 0 saturated heterocycles. The minimum atomic E-state index is -1.07. The smallest absolute Gasteiger partial charge is 0.201 e. The Labute approximate surface area is 119 Å². The fraction of sp³-hybridized carbons (Fsp3) is 0.294. The van der Waals surface area contributed by atoms with Crippen molar-refractivity contribution < 1.29 is 17.6 Å². The summed E-state index contributed by atoms with van der Waals surface area (Å²) in [5.74, 6) is -1.80. The van der Waals surface area contributed by atoms with Crippen LogP contribution in [0.25, 0.3) is 21.9 Å². The maximum absolute atomic E-state index is 14.5. The zero-order valence-corrected chi connectivity index (χ0v) is 11.3. The van der Waals surface area contributed by atoms with Gasteiger partial charge in [0.25, 0.3) is 0 Å². The fourth-order valence-electron chi connectivity index (χ4n) is 2.81. The number of furan rings is 1. The molecule has 21 heavy (non-hydrogen) atoms. The molecule has 0 aliphatic heterocycles. The van der Waals surface area contributed by atoms with Crippen molar-refractivity contribution in [2.45, 2.75) is 25.7 Å². The number of fused-ring (bicyclic) bond motifs is 3. The van der Waals surface area contributed by atoms with Crippen molar-refractivity contribution in [2.24, 2.45) is 5.92 Å². The second-order valence-corrected chi connectivity index (χ2v) is 5.74. The predicted molar refractivity (Wildman–Crippen MR) is 74.6 cm³/mol. The monoisotopic (exact) mass is 290 g/mol. The summed E-state index contributed by atoms with van der Waals surface area (Å²) in [5.41, 5.74) is 0.375. The summed E-state index contributed by atoms with van der Waals surface area (Å²) < 4.78 is 46.8. The highest BCUT2D eigenvalue weighted by Crippen LogP contribution is 2.36. The van der Waals surface area contributed by atoms with Crippen LogP contribution in [-0.4, -0.2) is 0 Å². The molecule has 1 heterocycles. The molecule has 1 nitrogen and oxygen atoms in total. The molecular weight excluding hydrogens is 277 g/mol. The zero-order chi connectivity index (χ0) is 14.6. The molecule has 4 rings (SSSR count). The second kappa shape index (κ2) is 4.52. The first-order chi connectivity index (χ1) is 10.1. The third-order valence-corrected chi connectivity index (χ3v) is 4.24. The van der Waals surface area contributed by atoms with Crippen LogP contribution in [0, 0.1) is 23.4 Å². The van der Waals surface area contributed by atoms with E-state index in [0.29, 0.717) is 28.7 Å². The molecule has 0 radical (unpaired) electrons. The van der Waals surface area contributed by atoms with Crippen molar-refractivity contribution in [3.63, 3.8) is 0 Å². The maximum Gasteiger partial charge on any atom is 0.201 e. The number of halogens is 3. The lowest BCUT2D eigenvalue weighted by atomic mass is 10.0. The lowest BCUT2D eigenvalue weighted by Gasteiger charge is -2.02. The van der Waals surface area contributed by atoms with Crippen LogP contribution in [0.2, 0.25) is 0 Å². The largest absolute Gasteiger partial charge is 0.450 e. The number of aryl methyl sites for hydroxylation is 1. The average molecular weight is 290 g/mol. The molecule has 1 aromatic heterocycles. The van der Waals surface area contributed by atoms with E-state index in [1.54, 1.807) is 12.1 Å². The van der Waals surface area contributed by atoms with Crippen molar-refractivity contribution in [3.05, 3.63) is 47.3 Å². The Hall–Kier alpha value is -1.97. The maximum atomic E-state index is 14.5. The highest BCUT2D eigenvalue weighted by atomic mass is 19.2. The summed E-state index contributed by atoms with van der Waals surface area (Å²) in [7, 11) is 0. The van der Waals surface area contributed by atoms with Crippen molar-refractivity contribution in [1.82, 2.24) is 0 Å². The molecule has 4 heteroatoms. The molecule has 2 aromatic carbocycles. The van der Waals surface area contributed by atoms with Gasteiger partial charge < -0.3 is 4.42 Å². The molecule has 0 amide bonds. The quantitative estimate of drug-likeness (QED) is 0.634. The van der Waals surface area contributed by atoms with Gasteiger partial charge in [-0.05, 0) is 42.5 Å². The normalized spacial score (nSPS) is 15.2. The summed E-state index contributed by atoms with van der Waals surface area (Å²) in [6.45, 7) is 0. The van der Waals surface area contributed by atoms with Crippen molar-refractivity contribution in [3.8, 4) is 0 Å². The van der Waals surface area contributed by atoms with E-state index in [-0.39, 0.29) is 11.2 Å². The Morgan fingerprint density at radius 2 is 1.57 bits per heavy atom. The molecule has 0 unspecified atom stereocenters. The van der Waals surface area contributed by atoms with Crippen LogP contribution in [0.3, 0.4) is 0 Å². The predicted octanol–water partition coefficient (Wildman–Crippen LogP) is 5.35. The topological polar surface area (TPSA) is 13.1 Å². The van der Waals surface area contributed by atoms with Gasteiger partial charge in [-0.15, -0.1) is 0 Å². The van der Waals surface area contributed by atoms with Crippen molar-refractivity contribution in [1.29, 1.82) is 0 Å². The first-order valence-corrected chi connectivity index (χ1v) is 7.12. The molecule has 1 saturated carbocycles. The fourth-order valence-corrected chi connectivity index (χ4v) is 2.81. The molecule has 0 atom stereocenters. The van der Waals surface area contributed by atoms with Gasteiger partial charge in [-0.25, -0.2) is 8.78 Å². The molecule has 1 fully saturated rings. The van der Waals surface area contributed by atoms with E-state index in [9.17, 15) is 13.2 Å². The summed E-state index contributed by atoms with van der Waals surface area (Å²) in [4.78, 5) is 0. The third kappa shape index (κ3) is 2.01. The molecule has 1 aliphatic carbocycles. The molecule has 108 valence electrons. The van der Waals surface area contributed by atoms with Gasteiger partial charge in [0, 0.05) is 10.8 Å². The summed E-state index contributed by atoms with van der Waals surface area (Å²) in [5, 5.41) is 0.883. The number of rotatable bonds is 3. The van der Waals surface area contributed by atoms with Gasteiger partial charge in [-0.3, -0.25) is 0 Å². The van der Waals surface area contributed by atoms with Gasteiger partial charge in [0.2, 0.25) is 5.82 Å². The Balaban J connectivity index is 1.88. The Kier molecular flexibility index (Phi) is 2.74.